The summed E-state index contributed by atoms with van der Waals surface area (Å²) in [4.78, 5) is 27.4. The van der Waals surface area contributed by atoms with Gasteiger partial charge in [0, 0.05) is 12.2 Å². The van der Waals surface area contributed by atoms with E-state index in [4.69, 9.17) is 0 Å². The maximum absolute atomic E-state index is 12.7. The van der Waals surface area contributed by atoms with Gasteiger partial charge in [-0.25, -0.2) is 0 Å². The molecule has 0 radical (unpaired) electrons. The van der Waals surface area contributed by atoms with Crippen LogP contribution in [0.5, 0.6) is 0 Å². The molecule has 1 fully saturated rings. The molecule has 0 aromatic heterocycles. The summed E-state index contributed by atoms with van der Waals surface area (Å²) in [5.41, 5.74) is 3.42. The third-order valence-corrected chi connectivity index (χ3v) is 5.99. The molecule has 0 spiro atoms. The summed E-state index contributed by atoms with van der Waals surface area (Å²) in [5, 5.41) is 6.22. The summed E-state index contributed by atoms with van der Waals surface area (Å²) < 4.78 is 0. The molecule has 0 saturated carbocycles. The molecule has 2 amide bonds. The normalized spacial score (nSPS) is 21.8. The van der Waals surface area contributed by atoms with E-state index in [0.29, 0.717) is 13.1 Å². The van der Waals surface area contributed by atoms with Crippen molar-refractivity contribution in [2.24, 2.45) is 5.92 Å². The number of hydrogen-bond acceptors (Lipinski definition) is 3. The van der Waals surface area contributed by atoms with Crippen molar-refractivity contribution in [2.75, 3.05) is 25.0 Å². The first-order valence-electron chi connectivity index (χ1n) is 10.6. The SMILES string of the molecule is O=C(CN1CCCC(C(=O)Nc2ccccc2)C1)NC1CCCc2ccccc21. The molecule has 2 unspecified atom stereocenters. The number of likely N-dealkylation sites (tertiary alicyclic amines) is 1. The second kappa shape index (κ2) is 9.23. The Labute approximate surface area is 172 Å². The van der Waals surface area contributed by atoms with Gasteiger partial charge in [-0.05, 0) is 61.9 Å². The van der Waals surface area contributed by atoms with E-state index < -0.39 is 0 Å². The highest BCUT2D eigenvalue weighted by Gasteiger charge is 2.28. The molecule has 2 N–H and O–H groups in total. The number of piperidine rings is 1. The van der Waals surface area contributed by atoms with E-state index in [1.54, 1.807) is 0 Å². The molecule has 4 rings (SSSR count). The number of anilines is 1. The molecule has 1 heterocycles. The van der Waals surface area contributed by atoms with Crippen LogP contribution in [0, 0.1) is 5.92 Å². The van der Waals surface area contributed by atoms with E-state index in [0.717, 1.165) is 44.3 Å². The molecule has 5 nitrogen and oxygen atoms in total. The molecule has 5 heteroatoms. The van der Waals surface area contributed by atoms with Crippen LogP contribution in [0.2, 0.25) is 0 Å². The van der Waals surface area contributed by atoms with Crippen molar-refractivity contribution >= 4 is 17.5 Å². The number of hydrogen-bond donors (Lipinski definition) is 2. The Morgan fingerprint density at radius 2 is 1.76 bits per heavy atom. The largest absolute Gasteiger partial charge is 0.348 e. The van der Waals surface area contributed by atoms with Gasteiger partial charge >= 0.3 is 0 Å². The lowest BCUT2D eigenvalue weighted by Gasteiger charge is -2.32. The predicted molar refractivity (Wildman–Crippen MR) is 114 cm³/mol. The van der Waals surface area contributed by atoms with Gasteiger partial charge in [0.05, 0.1) is 18.5 Å². The molecule has 152 valence electrons. The topological polar surface area (TPSA) is 61.4 Å². The van der Waals surface area contributed by atoms with Crippen molar-refractivity contribution in [1.82, 2.24) is 10.2 Å². The van der Waals surface area contributed by atoms with E-state index >= 15 is 0 Å². The van der Waals surface area contributed by atoms with Gasteiger partial charge in [-0.2, -0.15) is 0 Å². The van der Waals surface area contributed by atoms with Crippen LogP contribution in [0.25, 0.3) is 0 Å². The lowest BCUT2D eigenvalue weighted by Crippen LogP contribution is -2.46. The van der Waals surface area contributed by atoms with Gasteiger partial charge in [-0.3, -0.25) is 14.5 Å². The molecule has 2 aromatic rings. The molecule has 1 aliphatic carbocycles. The maximum Gasteiger partial charge on any atom is 0.234 e. The zero-order valence-electron chi connectivity index (χ0n) is 16.8. The highest BCUT2D eigenvalue weighted by molar-refractivity contribution is 5.92. The third-order valence-electron chi connectivity index (χ3n) is 5.99. The van der Waals surface area contributed by atoms with Crippen molar-refractivity contribution in [3.63, 3.8) is 0 Å². The number of carbonyl (C=O) groups excluding carboxylic acids is 2. The Hall–Kier alpha value is -2.66. The summed E-state index contributed by atoms with van der Waals surface area (Å²) in [6.07, 6.45) is 4.99. The smallest absolute Gasteiger partial charge is 0.234 e. The molecule has 2 aliphatic rings. The van der Waals surface area contributed by atoms with E-state index in [1.165, 1.54) is 11.1 Å². The van der Waals surface area contributed by atoms with Crippen LogP contribution >= 0.6 is 0 Å². The average molecular weight is 392 g/mol. The van der Waals surface area contributed by atoms with Crippen LogP contribution in [0.4, 0.5) is 5.69 Å². The minimum absolute atomic E-state index is 0.0440. The zero-order chi connectivity index (χ0) is 20.1. The summed E-state index contributed by atoms with van der Waals surface area (Å²) >= 11 is 0. The van der Waals surface area contributed by atoms with Gasteiger partial charge in [0.2, 0.25) is 11.8 Å². The van der Waals surface area contributed by atoms with Gasteiger partial charge in [0.1, 0.15) is 0 Å². The van der Waals surface area contributed by atoms with Gasteiger partial charge < -0.3 is 10.6 Å². The number of nitrogens with zero attached hydrogens (tertiary/aromatic N) is 1. The quantitative estimate of drug-likeness (QED) is 0.820. The van der Waals surface area contributed by atoms with E-state index in [-0.39, 0.29) is 23.8 Å². The number of benzene rings is 2. The molecular weight excluding hydrogens is 362 g/mol. The van der Waals surface area contributed by atoms with Crippen molar-refractivity contribution in [3.05, 3.63) is 65.7 Å². The van der Waals surface area contributed by atoms with Crippen LogP contribution in [0.1, 0.15) is 42.9 Å². The number of para-hydroxylation sites is 1. The molecule has 29 heavy (non-hydrogen) atoms. The maximum atomic E-state index is 12.7. The lowest BCUT2D eigenvalue weighted by molar-refractivity contribution is -0.126. The number of nitrogens with one attached hydrogen (secondary N) is 2. The lowest BCUT2D eigenvalue weighted by atomic mass is 9.88. The van der Waals surface area contributed by atoms with Gasteiger partial charge in [0.25, 0.3) is 0 Å². The van der Waals surface area contributed by atoms with E-state index in [2.05, 4.69) is 33.7 Å². The van der Waals surface area contributed by atoms with E-state index in [9.17, 15) is 9.59 Å². The second-order valence-electron chi connectivity index (χ2n) is 8.14. The summed E-state index contributed by atoms with van der Waals surface area (Å²) in [5.74, 6) is 0.0190. The van der Waals surface area contributed by atoms with E-state index in [1.807, 2.05) is 36.4 Å². The van der Waals surface area contributed by atoms with Gasteiger partial charge in [-0.15, -0.1) is 0 Å². The number of fused-ring (bicyclic) bond motifs is 1. The van der Waals surface area contributed by atoms with Crippen LogP contribution in [0.3, 0.4) is 0 Å². The number of carbonyl (C=O) groups is 2. The first-order valence-corrected chi connectivity index (χ1v) is 10.6. The minimum Gasteiger partial charge on any atom is -0.348 e. The standard InChI is InChI=1S/C24H29N3O2/c28-23(26-22-14-6-9-18-8-4-5-13-21(18)22)17-27-15-7-10-19(16-27)24(29)25-20-11-2-1-3-12-20/h1-5,8,11-13,19,22H,6-7,9-10,14-17H2,(H,25,29)(H,26,28). The Balaban J connectivity index is 1.30. The van der Waals surface area contributed by atoms with Crippen LogP contribution in [0.15, 0.2) is 54.6 Å². The summed E-state index contributed by atoms with van der Waals surface area (Å²) in [6.45, 7) is 1.85. The third kappa shape index (κ3) is 5.04. The van der Waals surface area contributed by atoms with Crippen molar-refractivity contribution < 1.29 is 9.59 Å². The predicted octanol–water partition coefficient (Wildman–Crippen LogP) is 3.53. The van der Waals surface area contributed by atoms with Crippen LogP contribution in [-0.4, -0.2) is 36.3 Å². The first kappa shape index (κ1) is 19.6. The second-order valence-corrected chi connectivity index (χ2v) is 8.14. The highest BCUT2D eigenvalue weighted by atomic mass is 16.2. The zero-order valence-corrected chi connectivity index (χ0v) is 16.8. The molecule has 2 atom stereocenters. The van der Waals surface area contributed by atoms with Crippen LogP contribution < -0.4 is 10.6 Å². The summed E-state index contributed by atoms with van der Waals surface area (Å²) in [6, 6.07) is 18.1. The van der Waals surface area contributed by atoms with Crippen molar-refractivity contribution in [1.29, 1.82) is 0 Å². The average Bonchev–Trinajstić information content (AvgIpc) is 2.75. The fourth-order valence-corrected chi connectivity index (χ4v) is 4.53. The Kier molecular flexibility index (Phi) is 6.25. The van der Waals surface area contributed by atoms with Gasteiger partial charge in [-0.1, -0.05) is 42.5 Å². The Morgan fingerprint density at radius 3 is 2.62 bits per heavy atom. The summed E-state index contributed by atoms with van der Waals surface area (Å²) in [7, 11) is 0. The number of rotatable bonds is 5. The minimum atomic E-state index is -0.0767. The molecule has 0 bridgehead atoms. The molecule has 1 saturated heterocycles. The fraction of sp³-hybridized carbons (Fsp3) is 0.417. The molecule has 2 aromatic carbocycles. The Morgan fingerprint density at radius 1 is 0.966 bits per heavy atom. The van der Waals surface area contributed by atoms with Crippen molar-refractivity contribution in [3.8, 4) is 0 Å². The van der Waals surface area contributed by atoms with Crippen LogP contribution in [-0.2, 0) is 16.0 Å². The molecule has 1 aliphatic heterocycles. The highest BCUT2D eigenvalue weighted by Crippen LogP contribution is 2.29. The number of amides is 2. The number of aryl methyl sites for hydroxylation is 1. The van der Waals surface area contributed by atoms with Gasteiger partial charge in [0.15, 0.2) is 0 Å². The first-order chi connectivity index (χ1) is 14.2. The Bertz CT molecular complexity index is 852. The molecular formula is C24H29N3O2. The monoisotopic (exact) mass is 391 g/mol. The fourth-order valence-electron chi connectivity index (χ4n) is 4.53. The van der Waals surface area contributed by atoms with Crippen molar-refractivity contribution in [2.45, 2.75) is 38.1 Å².